The Kier molecular flexibility index (Phi) is 6.26. The van der Waals surface area contributed by atoms with Crippen LogP contribution in [0.4, 0.5) is 0 Å². The van der Waals surface area contributed by atoms with Gasteiger partial charge in [0.15, 0.2) is 0 Å². The van der Waals surface area contributed by atoms with Gasteiger partial charge < -0.3 is 5.32 Å². The average Bonchev–Trinajstić information content (AvgIpc) is 2.46. The van der Waals surface area contributed by atoms with Crippen molar-refractivity contribution in [2.45, 2.75) is 25.8 Å². The number of benzene rings is 1. The van der Waals surface area contributed by atoms with Crippen molar-refractivity contribution < 1.29 is 0 Å². The van der Waals surface area contributed by atoms with Crippen LogP contribution >= 0.6 is 34.2 Å². The van der Waals surface area contributed by atoms with Crippen molar-refractivity contribution in [3.63, 3.8) is 0 Å². The van der Waals surface area contributed by atoms with Gasteiger partial charge in [0.05, 0.1) is 5.02 Å². The van der Waals surface area contributed by atoms with E-state index in [0.29, 0.717) is 0 Å². The van der Waals surface area contributed by atoms with Crippen molar-refractivity contribution in [1.82, 2.24) is 10.3 Å². The van der Waals surface area contributed by atoms with Gasteiger partial charge >= 0.3 is 0 Å². The highest BCUT2D eigenvalue weighted by Gasteiger charge is 2.15. The quantitative estimate of drug-likeness (QED) is 0.716. The lowest BCUT2D eigenvalue weighted by Gasteiger charge is -2.21. The molecule has 1 atom stereocenters. The molecule has 1 unspecified atom stereocenters. The minimum Gasteiger partial charge on any atom is -0.310 e. The summed E-state index contributed by atoms with van der Waals surface area (Å²) in [6.07, 6.45) is 5.50. The number of pyridine rings is 1. The second kappa shape index (κ2) is 7.96. The molecule has 0 spiro atoms. The monoisotopic (exact) mass is 400 g/mol. The van der Waals surface area contributed by atoms with Gasteiger partial charge in [-0.2, -0.15) is 0 Å². The lowest BCUT2D eigenvalue weighted by Crippen LogP contribution is -2.25. The molecule has 0 radical (unpaired) electrons. The summed E-state index contributed by atoms with van der Waals surface area (Å²) in [5, 5.41) is 4.36. The summed E-state index contributed by atoms with van der Waals surface area (Å²) < 4.78 is 1.28. The lowest BCUT2D eigenvalue weighted by atomic mass is 9.99. The topological polar surface area (TPSA) is 24.9 Å². The average molecular weight is 401 g/mol. The minimum atomic E-state index is 0.281. The third-order valence-corrected chi connectivity index (χ3v) is 4.52. The maximum Gasteiger partial charge on any atom is 0.0622 e. The van der Waals surface area contributed by atoms with E-state index in [1.54, 1.807) is 12.4 Å². The van der Waals surface area contributed by atoms with E-state index in [9.17, 15) is 0 Å². The maximum atomic E-state index is 6.24. The van der Waals surface area contributed by atoms with Gasteiger partial charge in [-0.25, -0.2) is 0 Å². The zero-order valence-electron chi connectivity index (χ0n) is 11.4. The predicted octanol–water partition coefficient (Wildman–Crippen LogP) is 4.62. The molecule has 1 heterocycles. The molecule has 0 aliphatic heterocycles. The summed E-state index contributed by atoms with van der Waals surface area (Å²) >= 11 is 8.63. The largest absolute Gasteiger partial charge is 0.310 e. The van der Waals surface area contributed by atoms with E-state index in [2.05, 4.69) is 64.1 Å². The Morgan fingerprint density at radius 1 is 1.30 bits per heavy atom. The number of hydrogen-bond acceptors (Lipinski definition) is 2. The standard InChI is InChI=1S/C16H18ClIN2/c1-2-8-20-16(13-5-3-4-6-15(13)18)10-12-7-9-19-11-14(12)17/h3-7,9,11,16,20H,2,8,10H2,1H3. The maximum absolute atomic E-state index is 6.24. The van der Waals surface area contributed by atoms with E-state index >= 15 is 0 Å². The smallest absolute Gasteiger partial charge is 0.0622 e. The fraction of sp³-hybridized carbons (Fsp3) is 0.312. The summed E-state index contributed by atoms with van der Waals surface area (Å²) in [4.78, 5) is 4.05. The molecule has 1 aromatic heterocycles. The van der Waals surface area contributed by atoms with Gasteiger partial charge in [0.2, 0.25) is 0 Å². The third kappa shape index (κ3) is 4.17. The first-order valence-electron chi connectivity index (χ1n) is 6.78. The molecule has 20 heavy (non-hydrogen) atoms. The lowest BCUT2D eigenvalue weighted by molar-refractivity contribution is 0.527. The molecule has 0 aliphatic carbocycles. The van der Waals surface area contributed by atoms with Crippen molar-refractivity contribution in [2.75, 3.05) is 6.54 Å². The van der Waals surface area contributed by atoms with Crippen LogP contribution in [0.15, 0.2) is 42.7 Å². The van der Waals surface area contributed by atoms with Crippen LogP contribution in [0.2, 0.25) is 5.02 Å². The predicted molar refractivity (Wildman–Crippen MR) is 93.1 cm³/mol. The van der Waals surface area contributed by atoms with Crippen LogP contribution in [-0.4, -0.2) is 11.5 Å². The molecule has 2 rings (SSSR count). The molecule has 0 amide bonds. The number of halogens is 2. The molecule has 2 aromatic rings. The van der Waals surface area contributed by atoms with Gasteiger partial charge in [0, 0.05) is 22.0 Å². The fourth-order valence-electron chi connectivity index (χ4n) is 2.16. The van der Waals surface area contributed by atoms with Crippen molar-refractivity contribution in [3.05, 3.63) is 62.4 Å². The zero-order chi connectivity index (χ0) is 14.4. The summed E-state index contributed by atoms with van der Waals surface area (Å²) in [5.74, 6) is 0. The Hall–Kier alpha value is -0.650. The minimum absolute atomic E-state index is 0.281. The third-order valence-electron chi connectivity index (χ3n) is 3.20. The number of hydrogen-bond donors (Lipinski definition) is 1. The first-order chi connectivity index (χ1) is 9.72. The van der Waals surface area contributed by atoms with E-state index in [4.69, 9.17) is 11.6 Å². The molecular weight excluding hydrogens is 383 g/mol. The molecule has 0 saturated carbocycles. The van der Waals surface area contributed by atoms with Crippen LogP contribution in [-0.2, 0) is 6.42 Å². The first kappa shape index (κ1) is 15.7. The second-order valence-corrected chi connectivity index (χ2v) is 6.27. The molecule has 0 fully saturated rings. The Balaban J connectivity index is 2.24. The highest BCUT2D eigenvalue weighted by atomic mass is 127. The van der Waals surface area contributed by atoms with Gasteiger partial charge in [-0.15, -0.1) is 0 Å². The van der Waals surface area contributed by atoms with Crippen LogP contribution in [0, 0.1) is 3.57 Å². The SMILES string of the molecule is CCCNC(Cc1ccncc1Cl)c1ccccc1I. The summed E-state index contributed by atoms with van der Waals surface area (Å²) in [5.41, 5.74) is 2.46. The molecule has 1 N–H and O–H groups in total. The molecule has 0 aliphatic rings. The van der Waals surface area contributed by atoms with Crippen molar-refractivity contribution in [2.24, 2.45) is 0 Å². The fourth-order valence-corrected chi connectivity index (χ4v) is 3.12. The first-order valence-corrected chi connectivity index (χ1v) is 8.24. The van der Waals surface area contributed by atoms with Gasteiger partial charge in [0.1, 0.15) is 0 Å². The number of rotatable bonds is 6. The van der Waals surface area contributed by atoms with Gasteiger partial charge in [0.25, 0.3) is 0 Å². The van der Waals surface area contributed by atoms with Crippen LogP contribution in [0.1, 0.15) is 30.5 Å². The van der Waals surface area contributed by atoms with Crippen molar-refractivity contribution in [1.29, 1.82) is 0 Å². The molecule has 106 valence electrons. The molecule has 4 heteroatoms. The normalized spacial score (nSPS) is 12.3. The van der Waals surface area contributed by atoms with Crippen molar-refractivity contribution in [3.8, 4) is 0 Å². The van der Waals surface area contributed by atoms with E-state index < -0.39 is 0 Å². The molecule has 0 saturated heterocycles. The molecule has 2 nitrogen and oxygen atoms in total. The number of aromatic nitrogens is 1. The summed E-state index contributed by atoms with van der Waals surface area (Å²) in [7, 11) is 0. The van der Waals surface area contributed by atoms with Gasteiger partial charge in [-0.1, -0.05) is 36.7 Å². The van der Waals surface area contributed by atoms with E-state index in [0.717, 1.165) is 30.0 Å². The van der Waals surface area contributed by atoms with Gasteiger partial charge in [-0.05, 0) is 65.2 Å². The number of nitrogens with one attached hydrogen (secondary N) is 1. The van der Waals surface area contributed by atoms with Crippen LogP contribution in [0.5, 0.6) is 0 Å². The Labute approximate surface area is 139 Å². The highest BCUT2D eigenvalue weighted by Crippen LogP contribution is 2.26. The van der Waals surface area contributed by atoms with E-state index in [1.807, 2.05) is 6.07 Å². The Morgan fingerprint density at radius 2 is 2.10 bits per heavy atom. The Morgan fingerprint density at radius 3 is 2.80 bits per heavy atom. The zero-order valence-corrected chi connectivity index (χ0v) is 14.4. The molecule has 1 aromatic carbocycles. The molecule has 0 bridgehead atoms. The second-order valence-electron chi connectivity index (χ2n) is 4.70. The number of nitrogens with zero attached hydrogens (tertiary/aromatic N) is 1. The Bertz CT molecular complexity index is 560. The van der Waals surface area contributed by atoms with Crippen LogP contribution < -0.4 is 5.32 Å². The summed E-state index contributed by atoms with van der Waals surface area (Å²) in [6.45, 7) is 3.18. The van der Waals surface area contributed by atoms with E-state index in [-0.39, 0.29) is 6.04 Å². The van der Waals surface area contributed by atoms with Gasteiger partial charge in [-0.3, -0.25) is 4.98 Å². The van der Waals surface area contributed by atoms with Crippen LogP contribution in [0.3, 0.4) is 0 Å². The molecular formula is C16H18ClIN2. The summed E-state index contributed by atoms with van der Waals surface area (Å²) in [6, 6.07) is 10.8. The van der Waals surface area contributed by atoms with Crippen molar-refractivity contribution >= 4 is 34.2 Å². The van der Waals surface area contributed by atoms with E-state index in [1.165, 1.54) is 9.13 Å². The van der Waals surface area contributed by atoms with Crippen LogP contribution in [0.25, 0.3) is 0 Å². The highest BCUT2D eigenvalue weighted by molar-refractivity contribution is 14.1.